The third kappa shape index (κ3) is 5.63. The second-order valence-electron chi connectivity index (χ2n) is 12.4. The normalized spacial score (nSPS) is 22.5. The van der Waals surface area contributed by atoms with Crippen LogP contribution in [-0.2, 0) is 22.7 Å². The number of Topliss-reactive ketones (excluding diaryl/α,β-unsaturated/α-hetero) is 2. The summed E-state index contributed by atoms with van der Waals surface area (Å²) in [6.45, 7) is 6.06. The highest BCUT2D eigenvalue weighted by Gasteiger charge is 2.65. The zero-order valence-corrected chi connectivity index (χ0v) is 26.5. The topological polar surface area (TPSA) is 123 Å². The number of hydrogen-bond acceptors (Lipinski definition) is 8. The molecule has 1 unspecified atom stereocenters. The quantitative estimate of drug-likeness (QED) is 0.198. The van der Waals surface area contributed by atoms with Crippen LogP contribution in [-0.4, -0.2) is 61.2 Å². The van der Waals surface area contributed by atoms with E-state index in [0.717, 1.165) is 23.1 Å². The average Bonchev–Trinajstić information content (AvgIpc) is 3.32. The summed E-state index contributed by atoms with van der Waals surface area (Å²) < 4.78 is 2.24. The molecular weight excluding hydrogens is 610 g/mol. The SMILES string of the molecule is CC(=O)c1nn(CC(=O)C2[C@H](C(=O)Nc3nc(Br)ccc3CN(C)C)C[C@@]3(C)C[C@@H]23)c2ccc(-c3cnc(C)nc3)cc12. The number of carbonyl (C=O) groups excluding carboxylic acids is 3. The van der Waals surface area contributed by atoms with E-state index in [0.29, 0.717) is 45.8 Å². The van der Waals surface area contributed by atoms with Crippen molar-refractivity contribution in [2.45, 2.75) is 46.7 Å². The Balaban J connectivity index is 1.27. The maximum atomic E-state index is 14.0. The fraction of sp³-hybridized carbons (Fsp3) is 0.406. The summed E-state index contributed by atoms with van der Waals surface area (Å²) in [6.07, 6.45) is 5.07. The largest absolute Gasteiger partial charge is 0.310 e. The van der Waals surface area contributed by atoms with Crippen LogP contribution in [0.25, 0.3) is 22.0 Å². The second kappa shape index (κ2) is 11.0. The van der Waals surface area contributed by atoms with Gasteiger partial charge in [0.15, 0.2) is 11.6 Å². The zero-order valence-electron chi connectivity index (χ0n) is 24.9. The van der Waals surface area contributed by atoms with Crippen LogP contribution in [0.5, 0.6) is 0 Å². The number of pyridine rings is 1. The maximum Gasteiger partial charge on any atom is 0.229 e. The van der Waals surface area contributed by atoms with E-state index in [1.54, 1.807) is 17.1 Å². The van der Waals surface area contributed by atoms with E-state index in [-0.39, 0.29) is 35.4 Å². The van der Waals surface area contributed by atoms with E-state index in [4.69, 9.17) is 0 Å². The van der Waals surface area contributed by atoms with Crippen molar-refractivity contribution in [3.05, 3.63) is 64.4 Å². The Kier molecular flexibility index (Phi) is 7.50. The molecule has 0 radical (unpaired) electrons. The van der Waals surface area contributed by atoms with Gasteiger partial charge in [0.25, 0.3) is 0 Å². The van der Waals surface area contributed by atoms with Gasteiger partial charge in [0, 0.05) is 54.2 Å². The maximum absolute atomic E-state index is 14.0. The van der Waals surface area contributed by atoms with Crippen molar-refractivity contribution < 1.29 is 14.4 Å². The van der Waals surface area contributed by atoms with Gasteiger partial charge < -0.3 is 10.2 Å². The Hall–Kier alpha value is -3.83. The predicted octanol–water partition coefficient (Wildman–Crippen LogP) is 5.09. The number of hydrogen-bond donors (Lipinski definition) is 1. The van der Waals surface area contributed by atoms with Crippen molar-refractivity contribution in [1.29, 1.82) is 0 Å². The Morgan fingerprint density at radius 3 is 2.53 bits per heavy atom. The lowest BCUT2D eigenvalue weighted by molar-refractivity contribution is -0.131. The van der Waals surface area contributed by atoms with Crippen LogP contribution >= 0.6 is 15.9 Å². The number of aromatic nitrogens is 5. The Morgan fingerprint density at radius 1 is 1.09 bits per heavy atom. The van der Waals surface area contributed by atoms with Crippen LogP contribution < -0.4 is 5.32 Å². The van der Waals surface area contributed by atoms with Crippen LogP contribution in [0.15, 0.2) is 47.3 Å². The van der Waals surface area contributed by atoms with Gasteiger partial charge in [-0.15, -0.1) is 0 Å². The van der Waals surface area contributed by atoms with E-state index in [2.05, 4.69) is 48.2 Å². The summed E-state index contributed by atoms with van der Waals surface area (Å²) in [7, 11) is 3.92. The highest BCUT2D eigenvalue weighted by atomic mass is 79.9. The smallest absolute Gasteiger partial charge is 0.229 e. The van der Waals surface area contributed by atoms with Crippen LogP contribution in [0.1, 0.15) is 48.6 Å². The van der Waals surface area contributed by atoms with E-state index >= 15 is 0 Å². The molecule has 0 bridgehead atoms. The molecule has 2 fully saturated rings. The molecule has 0 spiro atoms. The van der Waals surface area contributed by atoms with Gasteiger partial charge in [0.2, 0.25) is 5.91 Å². The summed E-state index contributed by atoms with van der Waals surface area (Å²) >= 11 is 3.42. The summed E-state index contributed by atoms with van der Waals surface area (Å²) in [5.41, 5.74) is 3.56. The fourth-order valence-corrected chi connectivity index (χ4v) is 6.95. The highest BCUT2D eigenvalue weighted by Crippen LogP contribution is 2.68. The van der Waals surface area contributed by atoms with Gasteiger partial charge >= 0.3 is 0 Å². The molecule has 2 saturated carbocycles. The lowest BCUT2D eigenvalue weighted by atomic mass is 9.86. The molecule has 1 aromatic carbocycles. The molecule has 222 valence electrons. The van der Waals surface area contributed by atoms with E-state index in [1.165, 1.54) is 6.92 Å². The van der Waals surface area contributed by atoms with Crippen molar-refractivity contribution in [3.8, 4) is 11.1 Å². The minimum absolute atomic E-state index is 0.0151. The van der Waals surface area contributed by atoms with Gasteiger partial charge in [0.05, 0.1) is 5.52 Å². The molecule has 6 rings (SSSR count). The lowest BCUT2D eigenvalue weighted by Gasteiger charge is -2.22. The standard InChI is InChI=1S/C32H34BrN7O3/c1-17(41)29-22-10-19(21-13-34-18(2)35-14-21)6-8-25(22)40(38-29)16-26(42)28-23(11-32(3)12-24(28)32)31(43)37-30-20(15-39(4)5)7-9-27(33)36-30/h6-10,13-14,23-24,28H,11-12,15-16H2,1-5H3,(H,36,37,43)/t23-,24+,28?,32+/m1/s1. The Morgan fingerprint density at radius 2 is 1.84 bits per heavy atom. The van der Waals surface area contributed by atoms with Crippen LogP contribution in [0, 0.1) is 30.1 Å². The molecular formula is C32H34BrN7O3. The molecule has 11 heteroatoms. The first-order valence-electron chi connectivity index (χ1n) is 14.4. The number of carbonyl (C=O) groups is 3. The molecule has 2 aliphatic rings. The molecule has 2 aliphatic carbocycles. The molecule has 0 aliphatic heterocycles. The summed E-state index contributed by atoms with van der Waals surface area (Å²) in [5.74, 6) is 0.0166. The molecule has 4 aromatic rings. The number of anilines is 1. The first-order chi connectivity index (χ1) is 20.4. The number of aryl methyl sites for hydroxylation is 1. The van der Waals surface area contributed by atoms with Gasteiger partial charge in [-0.05, 0) is 84.9 Å². The lowest BCUT2D eigenvalue weighted by Crippen LogP contribution is -2.35. The van der Waals surface area contributed by atoms with Crippen molar-refractivity contribution in [1.82, 2.24) is 29.6 Å². The monoisotopic (exact) mass is 643 g/mol. The number of ketones is 2. The van der Waals surface area contributed by atoms with Crippen LogP contribution in [0.4, 0.5) is 5.82 Å². The number of nitrogens with one attached hydrogen (secondary N) is 1. The number of rotatable bonds is 9. The van der Waals surface area contributed by atoms with Gasteiger partial charge in [-0.1, -0.05) is 19.1 Å². The van der Waals surface area contributed by atoms with E-state index in [9.17, 15) is 14.4 Å². The van der Waals surface area contributed by atoms with Gasteiger partial charge in [-0.3, -0.25) is 19.1 Å². The number of halogens is 1. The number of benzene rings is 1. The molecule has 3 aromatic heterocycles. The first-order valence-corrected chi connectivity index (χ1v) is 15.2. The zero-order chi connectivity index (χ0) is 30.6. The first kappa shape index (κ1) is 29.3. The van der Waals surface area contributed by atoms with Gasteiger partial charge in [0.1, 0.15) is 28.5 Å². The highest BCUT2D eigenvalue weighted by molar-refractivity contribution is 9.10. The second-order valence-corrected chi connectivity index (χ2v) is 13.3. The third-order valence-electron chi connectivity index (χ3n) is 8.86. The fourth-order valence-electron chi connectivity index (χ4n) is 6.64. The molecule has 4 atom stereocenters. The van der Waals surface area contributed by atoms with Crippen molar-refractivity contribution >= 4 is 50.1 Å². The average molecular weight is 645 g/mol. The van der Waals surface area contributed by atoms with Crippen LogP contribution in [0.2, 0.25) is 0 Å². The van der Waals surface area contributed by atoms with Crippen molar-refractivity contribution in [2.75, 3.05) is 19.4 Å². The van der Waals surface area contributed by atoms with Crippen molar-refractivity contribution in [3.63, 3.8) is 0 Å². The minimum Gasteiger partial charge on any atom is -0.310 e. The molecule has 43 heavy (non-hydrogen) atoms. The predicted molar refractivity (Wildman–Crippen MR) is 166 cm³/mol. The Bertz CT molecular complexity index is 1770. The summed E-state index contributed by atoms with van der Waals surface area (Å²) in [6, 6.07) is 9.49. The number of amides is 1. The molecule has 10 nitrogen and oxygen atoms in total. The van der Waals surface area contributed by atoms with E-state index in [1.807, 2.05) is 56.3 Å². The molecule has 1 amide bonds. The number of fused-ring (bicyclic) bond motifs is 2. The number of nitrogens with zero attached hydrogens (tertiary/aromatic N) is 6. The molecule has 0 saturated heterocycles. The summed E-state index contributed by atoms with van der Waals surface area (Å²) in [4.78, 5) is 55.4. The van der Waals surface area contributed by atoms with Gasteiger partial charge in [-0.25, -0.2) is 15.0 Å². The van der Waals surface area contributed by atoms with Crippen molar-refractivity contribution in [2.24, 2.45) is 23.2 Å². The third-order valence-corrected chi connectivity index (χ3v) is 9.30. The van der Waals surface area contributed by atoms with Crippen LogP contribution in [0.3, 0.4) is 0 Å². The molecule has 1 N–H and O–H groups in total. The molecule has 3 heterocycles. The van der Waals surface area contributed by atoms with E-state index < -0.39 is 11.8 Å². The Labute approximate surface area is 258 Å². The minimum atomic E-state index is -0.466. The summed E-state index contributed by atoms with van der Waals surface area (Å²) in [5, 5.41) is 8.30. The van der Waals surface area contributed by atoms with Gasteiger partial charge in [-0.2, -0.15) is 5.10 Å².